The molecule has 2 aromatic rings. The molecule has 0 aliphatic heterocycles. The first-order chi connectivity index (χ1) is 8.02. The highest BCUT2D eigenvalue weighted by Gasteiger charge is 2.18. The van der Waals surface area contributed by atoms with Crippen LogP contribution in [0.1, 0.15) is 25.6 Å². The van der Waals surface area contributed by atoms with Gasteiger partial charge in [0.2, 0.25) is 0 Å². The van der Waals surface area contributed by atoms with Gasteiger partial charge in [0.1, 0.15) is 5.69 Å². The zero-order valence-electron chi connectivity index (χ0n) is 10.1. The molecule has 0 fully saturated rings. The van der Waals surface area contributed by atoms with E-state index >= 15 is 0 Å². The van der Waals surface area contributed by atoms with Gasteiger partial charge < -0.3 is 5.11 Å². The summed E-state index contributed by atoms with van der Waals surface area (Å²) in [7, 11) is 0. The fraction of sp³-hybridized carbons (Fsp3) is 0.308. The van der Waals surface area contributed by atoms with Crippen LogP contribution < -0.4 is 0 Å². The van der Waals surface area contributed by atoms with Crippen molar-refractivity contribution in [3.05, 3.63) is 35.0 Å². The summed E-state index contributed by atoms with van der Waals surface area (Å²) in [4.78, 5) is 0. The van der Waals surface area contributed by atoms with Crippen molar-refractivity contribution in [3.63, 3.8) is 0 Å². The lowest BCUT2D eigenvalue weighted by molar-refractivity contribution is 0.461. The van der Waals surface area contributed by atoms with Crippen molar-refractivity contribution in [1.29, 1.82) is 0 Å². The van der Waals surface area contributed by atoms with E-state index in [0.29, 0.717) is 10.7 Å². The Kier molecular flexibility index (Phi) is 3.11. The number of rotatable bonds is 2. The van der Waals surface area contributed by atoms with Crippen LogP contribution in [0.25, 0.3) is 11.3 Å². The fourth-order valence-electron chi connectivity index (χ4n) is 1.85. The number of nitrogens with zero attached hydrogens (tertiary/aromatic N) is 2. The van der Waals surface area contributed by atoms with Gasteiger partial charge in [0.25, 0.3) is 0 Å². The predicted molar refractivity (Wildman–Crippen MR) is 69.5 cm³/mol. The Hall–Kier alpha value is -1.48. The molecule has 17 heavy (non-hydrogen) atoms. The third kappa shape index (κ3) is 2.03. The van der Waals surface area contributed by atoms with Crippen LogP contribution in [0, 0.1) is 6.92 Å². The minimum Gasteiger partial charge on any atom is -0.504 e. The molecule has 0 unspecified atom stereocenters. The zero-order valence-corrected chi connectivity index (χ0v) is 10.9. The van der Waals surface area contributed by atoms with Crippen LogP contribution in [0.15, 0.2) is 24.3 Å². The highest BCUT2D eigenvalue weighted by atomic mass is 35.5. The molecule has 4 heteroatoms. The summed E-state index contributed by atoms with van der Waals surface area (Å²) in [6.45, 7) is 5.90. The van der Waals surface area contributed by atoms with E-state index in [1.807, 2.05) is 39.0 Å². The molecule has 1 aromatic carbocycles. The molecular formula is C13H15ClN2O. The minimum absolute atomic E-state index is 0.201. The van der Waals surface area contributed by atoms with E-state index in [1.165, 1.54) is 0 Å². The molecule has 0 amide bonds. The molecule has 3 nitrogen and oxygen atoms in total. The number of hydrogen-bond donors (Lipinski definition) is 1. The van der Waals surface area contributed by atoms with Gasteiger partial charge in [0, 0.05) is 11.6 Å². The van der Waals surface area contributed by atoms with Gasteiger partial charge in [-0.25, -0.2) is 0 Å². The summed E-state index contributed by atoms with van der Waals surface area (Å²) in [5.74, 6) is 0.201. The number of halogens is 1. The Morgan fingerprint density at radius 2 is 1.94 bits per heavy atom. The molecule has 0 aliphatic carbocycles. The second kappa shape index (κ2) is 4.41. The number of aromatic nitrogens is 2. The first-order valence-electron chi connectivity index (χ1n) is 5.55. The van der Waals surface area contributed by atoms with Crippen LogP contribution in [0.4, 0.5) is 0 Å². The summed E-state index contributed by atoms with van der Waals surface area (Å²) in [5, 5.41) is 15.1. The van der Waals surface area contributed by atoms with E-state index in [9.17, 15) is 5.11 Å². The van der Waals surface area contributed by atoms with Crippen molar-refractivity contribution in [2.75, 3.05) is 0 Å². The van der Waals surface area contributed by atoms with Crippen LogP contribution in [-0.2, 0) is 0 Å². The number of benzene rings is 1. The monoisotopic (exact) mass is 250 g/mol. The maximum absolute atomic E-state index is 10.1. The quantitative estimate of drug-likeness (QED) is 0.880. The Morgan fingerprint density at radius 1 is 1.29 bits per heavy atom. The van der Waals surface area contributed by atoms with Gasteiger partial charge in [-0.3, -0.25) is 4.68 Å². The molecule has 90 valence electrons. The van der Waals surface area contributed by atoms with E-state index in [1.54, 1.807) is 10.7 Å². The maximum atomic E-state index is 10.1. The minimum atomic E-state index is 0.201. The van der Waals surface area contributed by atoms with Crippen molar-refractivity contribution in [2.24, 2.45) is 0 Å². The SMILES string of the molecule is Cc1c(O)c(-c2ccccc2Cl)nn1C(C)C. The highest BCUT2D eigenvalue weighted by Crippen LogP contribution is 2.35. The zero-order chi connectivity index (χ0) is 12.6. The molecule has 0 saturated carbocycles. The molecule has 0 saturated heterocycles. The van der Waals surface area contributed by atoms with Crippen molar-refractivity contribution in [2.45, 2.75) is 26.8 Å². The van der Waals surface area contributed by atoms with Gasteiger partial charge in [-0.05, 0) is 26.8 Å². The summed E-state index contributed by atoms with van der Waals surface area (Å²) >= 11 is 6.11. The Morgan fingerprint density at radius 3 is 2.47 bits per heavy atom. The lowest BCUT2D eigenvalue weighted by Gasteiger charge is -2.06. The van der Waals surface area contributed by atoms with Crippen molar-refractivity contribution < 1.29 is 5.11 Å². The maximum Gasteiger partial charge on any atom is 0.164 e. The van der Waals surface area contributed by atoms with Crippen LogP contribution >= 0.6 is 11.6 Å². The third-order valence-corrected chi connectivity index (χ3v) is 3.07. The summed E-state index contributed by atoms with van der Waals surface area (Å²) < 4.78 is 1.80. The molecule has 0 aliphatic rings. The molecule has 0 atom stereocenters. The third-order valence-electron chi connectivity index (χ3n) is 2.74. The van der Waals surface area contributed by atoms with Crippen molar-refractivity contribution in [1.82, 2.24) is 9.78 Å². The number of hydrogen-bond acceptors (Lipinski definition) is 2. The Balaban J connectivity index is 2.61. The molecular weight excluding hydrogens is 236 g/mol. The van der Waals surface area contributed by atoms with E-state index in [-0.39, 0.29) is 11.8 Å². The Bertz CT molecular complexity index is 546. The van der Waals surface area contributed by atoms with Gasteiger partial charge >= 0.3 is 0 Å². The van der Waals surface area contributed by atoms with E-state index in [0.717, 1.165) is 11.3 Å². The first-order valence-corrected chi connectivity index (χ1v) is 5.93. The molecule has 0 bridgehead atoms. The van der Waals surface area contributed by atoms with Gasteiger partial charge in [0.15, 0.2) is 5.75 Å². The van der Waals surface area contributed by atoms with E-state index in [4.69, 9.17) is 11.6 Å². The summed E-state index contributed by atoms with van der Waals surface area (Å²) in [6, 6.07) is 7.59. The van der Waals surface area contributed by atoms with Gasteiger partial charge in [-0.2, -0.15) is 5.10 Å². The van der Waals surface area contributed by atoms with Crippen molar-refractivity contribution >= 4 is 11.6 Å². The normalized spacial score (nSPS) is 11.1. The average molecular weight is 251 g/mol. The van der Waals surface area contributed by atoms with E-state index in [2.05, 4.69) is 5.10 Å². The summed E-state index contributed by atoms with van der Waals surface area (Å²) in [6.07, 6.45) is 0. The highest BCUT2D eigenvalue weighted by molar-refractivity contribution is 6.33. The van der Waals surface area contributed by atoms with Gasteiger partial charge in [-0.1, -0.05) is 29.8 Å². The molecule has 0 radical (unpaired) electrons. The fourth-order valence-corrected chi connectivity index (χ4v) is 2.07. The summed E-state index contributed by atoms with van der Waals surface area (Å²) in [5.41, 5.74) is 2.06. The van der Waals surface area contributed by atoms with Gasteiger partial charge in [-0.15, -0.1) is 0 Å². The van der Waals surface area contributed by atoms with Crippen molar-refractivity contribution in [3.8, 4) is 17.0 Å². The predicted octanol–water partition coefficient (Wildman–Crippen LogP) is 3.80. The smallest absolute Gasteiger partial charge is 0.164 e. The first kappa shape index (κ1) is 12.0. The number of aromatic hydroxyl groups is 1. The van der Waals surface area contributed by atoms with Crippen LogP contribution in [-0.4, -0.2) is 14.9 Å². The van der Waals surface area contributed by atoms with Gasteiger partial charge in [0.05, 0.1) is 10.7 Å². The average Bonchev–Trinajstić information content (AvgIpc) is 2.57. The second-order valence-corrected chi connectivity index (χ2v) is 4.71. The molecule has 1 heterocycles. The molecule has 1 aromatic heterocycles. The molecule has 0 spiro atoms. The molecule has 1 N–H and O–H groups in total. The topological polar surface area (TPSA) is 38.1 Å². The van der Waals surface area contributed by atoms with Crippen LogP contribution in [0.5, 0.6) is 5.75 Å². The largest absolute Gasteiger partial charge is 0.504 e. The lowest BCUT2D eigenvalue weighted by atomic mass is 10.1. The Labute approximate surface area is 106 Å². The second-order valence-electron chi connectivity index (χ2n) is 4.30. The van der Waals surface area contributed by atoms with Crippen LogP contribution in [0.3, 0.4) is 0 Å². The lowest BCUT2D eigenvalue weighted by Crippen LogP contribution is -2.04. The van der Waals surface area contributed by atoms with Crippen LogP contribution in [0.2, 0.25) is 5.02 Å². The van der Waals surface area contributed by atoms with E-state index < -0.39 is 0 Å². The molecule has 2 rings (SSSR count). The standard InChI is InChI=1S/C13H15ClN2O/c1-8(2)16-9(3)13(17)12(15-16)10-6-4-5-7-11(10)14/h4-8,17H,1-3H3.